The van der Waals surface area contributed by atoms with Gasteiger partial charge in [0.1, 0.15) is 5.69 Å². The van der Waals surface area contributed by atoms with Gasteiger partial charge in [0.05, 0.1) is 11.0 Å². The van der Waals surface area contributed by atoms with Crippen LogP contribution in [0.25, 0.3) is 44.3 Å². The number of fused-ring (bicyclic) bond motifs is 2. The number of hydrogen-bond acceptors (Lipinski definition) is 3. The van der Waals surface area contributed by atoms with Gasteiger partial charge < -0.3 is 15.3 Å². The minimum atomic E-state index is -0.198. The number of nitrogens with zero attached hydrogens (tertiary/aromatic N) is 2. The maximum Gasteiger partial charge on any atom is 0.275 e. The van der Waals surface area contributed by atoms with Gasteiger partial charge in [-0.3, -0.25) is 4.79 Å². The second-order valence-electron chi connectivity index (χ2n) is 8.69. The standard InChI is InChI=1S/C30H24N4O/c31-17-20-8-6-9-21(16-20)18-34-19-25(24-12-4-5-15-27(24)34)29-30(35)32-26-14-7-13-23(28(26)33-29)22-10-2-1-3-11-22/h1-16,19H,17-18,31H2,(H,32,35). The molecule has 0 saturated heterocycles. The predicted octanol–water partition coefficient (Wildman–Crippen LogP) is 5.72. The fraction of sp³-hybridized carbons (Fsp3) is 0.0667. The molecule has 0 fully saturated rings. The number of nitrogens with one attached hydrogen (secondary N) is 1. The largest absolute Gasteiger partial charge is 0.342 e. The van der Waals surface area contributed by atoms with Crippen molar-refractivity contribution in [2.45, 2.75) is 13.1 Å². The highest BCUT2D eigenvalue weighted by Crippen LogP contribution is 2.31. The number of H-pyrrole nitrogens is 1. The van der Waals surface area contributed by atoms with Crippen molar-refractivity contribution in [2.24, 2.45) is 5.73 Å². The molecule has 0 radical (unpaired) electrons. The fourth-order valence-corrected chi connectivity index (χ4v) is 4.76. The Labute approximate surface area is 202 Å². The first kappa shape index (κ1) is 21.1. The van der Waals surface area contributed by atoms with Crippen LogP contribution in [0.5, 0.6) is 0 Å². The summed E-state index contributed by atoms with van der Waals surface area (Å²) in [6, 6.07) is 32.4. The van der Waals surface area contributed by atoms with E-state index in [1.54, 1.807) is 0 Å². The molecular weight excluding hydrogens is 432 g/mol. The van der Waals surface area contributed by atoms with Crippen LogP contribution in [-0.2, 0) is 13.1 Å². The zero-order chi connectivity index (χ0) is 23.8. The van der Waals surface area contributed by atoms with E-state index in [4.69, 9.17) is 10.7 Å². The van der Waals surface area contributed by atoms with Crippen molar-refractivity contribution in [2.75, 3.05) is 0 Å². The lowest BCUT2D eigenvalue weighted by Gasteiger charge is -2.08. The summed E-state index contributed by atoms with van der Waals surface area (Å²) in [5, 5.41) is 0.997. The lowest BCUT2D eigenvalue weighted by Crippen LogP contribution is -2.11. The molecule has 0 spiro atoms. The summed E-state index contributed by atoms with van der Waals surface area (Å²) in [6.45, 7) is 1.18. The Morgan fingerprint density at radius 2 is 1.57 bits per heavy atom. The van der Waals surface area contributed by atoms with E-state index in [0.717, 1.165) is 49.8 Å². The molecule has 0 aliphatic rings. The van der Waals surface area contributed by atoms with Crippen molar-refractivity contribution in [3.05, 3.63) is 125 Å². The molecule has 0 saturated carbocycles. The molecule has 3 N–H and O–H groups in total. The van der Waals surface area contributed by atoms with Gasteiger partial charge in [-0.2, -0.15) is 0 Å². The quantitative estimate of drug-likeness (QED) is 0.348. The summed E-state index contributed by atoms with van der Waals surface area (Å²) in [7, 11) is 0. The third kappa shape index (κ3) is 3.82. The maximum absolute atomic E-state index is 13.2. The molecule has 2 heterocycles. The molecule has 6 rings (SSSR count). The van der Waals surface area contributed by atoms with Crippen molar-refractivity contribution >= 4 is 21.9 Å². The summed E-state index contributed by atoms with van der Waals surface area (Å²) < 4.78 is 2.18. The van der Waals surface area contributed by atoms with E-state index in [1.807, 2.05) is 72.9 Å². The smallest absolute Gasteiger partial charge is 0.275 e. The monoisotopic (exact) mass is 456 g/mol. The third-order valence-corrected chi connectivity index (χ3v) is 6.43. The Hall–Kier alpha value is -4.48. The van der Waals surface area contributed by atoms with Gasteiger partial charge in [-0.1, -0.05) is 84.9 Å². The second-order valence-corrected chi connectivity index (χ2v) is 8.69. The van der Waals surface area contributed by atoms with Crippen LogP contribution >= 0.6 is 0 Å². The van der Waals surface area contributed by atoms with Gasteiger partial charge in [0.15, 0.2) is 0 Å². The van der Waals surface area contributed by atoms with Crippen LogP contribution < -0.4 is 11.3 Å². The van der Waals surface area contributed by atoms with E-state index in [0.29, 0.717) is 18.8 Å². The molecule has 0 unspecified atom stereocenters. The Morgan fingerprint density at radius 1 is 0.800 bits per heavy atom. The average molecular weight is 457 g/mol. The summed E-state index contributed by atoms with van der Waals surface area (Å²) in [5.41, 5.74) is 13.8. The van der Waals surface area contributed by atoms with Crippen molar-refractivity contribution in [3.63, 3.8) is 0 Å². The molecule has 35 heavy (non-hydrogen) atoms. The molecule has 4 aromatic carbocycles. The van der Waals surface area contributed by atoms with Crippen LogP contribution in [0.2, 0.25) is 0 Å². The lowest BCUT2D eigenvalue weighted by molar-refractivity contribution is 0.834. The molecule has 0 atom stereocenters. The Morgan fingerprint density at radius 3 is 2.43 bits per heavy atom. The van der Waals surface area contributed by atoms with Crippen molar-refractivity contribution in [3.8, 4) is 22.4 Å². The van der Waals surface area contributed by atoms with Gasteiger partial charge in [0.2, 0.25) is 0 Å². The molecule has 0 aliphatic carbocycles. The van der Waals surface area contributed by atoms with Crippen LogP contribution in [0.1, 0.15) is 11.1 Å². The predicted molar refractivity (Wildman–Crippen MR) is 142 cm³/mol. The van der Waals surface area contributed by atoms with Crippen molar-refractivity contribution < 1.29 is 0 Å². The molecular formula is C30H24N4O. The van der Waals surface area contributed by atoms with Gasteiger partial charge in [0.25, 0.3) is 5.56 Å². The van der Waals surface area contributed by atoms with Crippen LogP contribution in [0.3, 0.4) is 0 Å². The van der Waals surface area contributed by atoms with Crippen LogP contribution in [0.15, 0.2) is 108 Å². The molecule has 5 heteroatoms. The van der Waals surface area contributed by atoms with Crippen LogP contribution in [0, 0.1) is 0 Å². The van der Waals surface area contributed by atoms with Crippen LogP contribution in [-0.4, -0.2) is 14.5 Å². The zero-order valence-electron chi connectivity index (χ0n) is 19.1. The highest BCUT2D eigenvalue weighted by Gasteiger charge is 2.17. The fourth-order valence-electron chi connectivity index (χ4n) is 4.76. The van der Waals surface area contributed by atoms with Crippen LogP contribution in [0.4, 0.5) is 0 Å². The summed E-state index contributed by atoms with van der Waals surface area (Å²) in [5.74, 6) is 0. The SMILES string of the molecule is NCc1cccc(Cn2cc(-c3nc4c(-c5ccccc5)cccc4[nH]c3=O)c3ccccc32)c1. The van der Waals surface area contributed by atoms with Gasteiger partial charge in [0, 0.05) is 41.3 Å². The van der Waals surface area contributed by atoms with Gasteiger partial charge in [-0.05, 0) is 28.8 Å². The highest BCUT2D eigenvalue weighted by molar-refractivity contribution is 5.97. The van der Waals surface area contributed by atoms with Gasteiger partial charge in [-0.25, -0.2) is 4.98 Å². The van der Waals surface area contributed by atoms with E-state index < -0.39 is 0 Å². The third-order valence-electron chi connectivity index (χ3n) is 6.43. The lowest BCUT2D eigenvalue weighted by atomic mass is 10.0. The number of hydrogen-bond donors (Lipinski definition) is 2. The number of benzene rings is 4. The van der Waals surface area contributed by atoms with Crippen molar-refractivity contribution in [1.29, 1.82) is 0 Å². The van der Waals surface area contributed by atoms with E-state index in [-0.39, 0.29) is 5.56 Å². The van der Waals surface area contributed by atoms with Gasteiger partial charge in [-0.15, -0.1) is 0 Å². The second kappa shape index (κ2) is 8.70. The number of rotatable bonds is 5. The molecule has 6 aromatic rings. The number of para-hydroxylation sites is 2. The van der Waals surface area contributed by atoms with Crippen molar-refractivity contribution in [1.82, 2.24) is 14.5 Å². The summed E-state index contributed by atoms with van der Waals surface area (Å²) in [4.78, 5) is 21.2. The first-order valence-electron chi connectivity index (χ1n) is 11.7. The Balaban J connectivity index is 1.54. The highest BCUT2D eigenvalue weighted by atomic mass is 16.1. The molecule has 0 bridgehead atoms. The zero-order valence-corrected chi connectivity index (χ0v) is 19.1. The first-order chi connectivity index (χ1) is 17.2. The molecule has 170 valence electrons. The molecule has 0 aliphatic heterocycles. The minimum absolute atomic E-state index is 0.198. The molecule has 5 nitrogen and oxygen atoms in total. The van der Waals surface area contributed by atoms with E-state index in [9.17, 15) is 4.79 Å². The first-order valence-corrected chi connectivity index (χ1v) is 11.7. The van der Waals surface area contributed by atoms with E-state index in [1.165, 1.54) is 0 Å². The molecule has 0 amide bonds. The maximum atomic E-state index is 13.2. The van der Waals surface area contributed by atoms with E-state index >= 15 is 0 Å². The average Bonchev–Trinajstić information content (AvgIpc) is 3.26. The number of nitrogens with two attached hydrogens (primary N) is 1. The van der Waals surface area contributed by atoms with E-state index in [2.05, 4.69) is 39.9 Å². The molecule has 2 aromatic heterocycles. The normalized spacial score (nSPS) is 11.3. The Bertz CT molecular complexity index is 1730. The minimum Gasteiger partial charge on any atom is -0.342 e. The summed E-state index contributed by atoms with van der Waals surface area (Å²) in [6.07, 6.45) is 2.04. The van der Waals surface area contributed by atoms with Gasteiger partial charge >= 0.3 is 0 Å². The Kier molecular flexibility index (Phi) is 5.24. The number of aromatic amines is 1. The topological polar surface area (TPSA) is 76.7 Å². The number of aromatic nitrogens is 3. The summed E-state index contributed by atoms with van der Waals surface area (Å²) >= 11 is 0.